The Morgan fingerprint density at radius 3 is 2.24 bits per heavy atom. The Morgan fingerprint density at radius 2 is 1.81 bits per heavy atom. The van der Waals surface area contributed by atoms with E-state index < -0.39 is 11.7 Å². The molecule has 0 spiro atoms. The molecule has 0 aliphatic rings. The minimum absolute atomic E-state index is 0.209. The summed E-state index contributed by atoms with van der Waals surface area (Å²) in [5.41, 5.74) is 6.15. The number of nitrogens with zero attached hydrogens (tertiary/aromatic N) is 1. The molecule has 1 aromatic carbocycles. The summed E-state index contributed by atoms with van der Waals surface area (Å²) in [6.45, 7) is 6.02. The van der Waals surface area contributed by atoms with Crippen molar-refractivity contribution in [3.63, 3.8) is 0 Å². The molecule has 6 heteroatoms. The largest absolute Gasteiger partial charge is 0.416 e. The zero-order valence-electron chi connectivity index (χ0n) is 12.7. The third-order valence-electron chi connectivity index (χ3n) is 3.53. The number of methoxy groups -OCH3 is 1. The third-order valence-corrected chi connectivity index (χ3v) is 3.53. The fourth-order valence-electron chi connectivity index (χ4n) is 2.24. The van der Waals surface area contributed by atoms with Crippen LogP contribution in [-0.2, 0) is 10.9 Å². The van der Waals surface area contributed by atoms with Gasteiger partial charge in [0.25, 0.3) is 0 Å². The minimum Gasteiger partial charge on any atom is -0.383 e. The van der Waals surface area contributed by atoms with E-state index in [4.69, 9.17) is 10.5 Å². The molecule has 1 rings (SSSR count). The van der Waals surface area contributed by atoms with Gasteiger partial charge in [-0.05, 0) is 31.2 Å². The molecule has 0 saturated carbocycles. The Balaban J connectivity index is 2.72. The van der Waals surface area contributed by atoms with E-state index in [9.17, 15) is 13.2 Å². The number of hydrogen-bond acceptors (Lipinski definition) is 3. The molecule has 0 amide bonds. The lowest BCUT2D eigenvalue weighted by atomic mass is 10.0. The maximum atomic E-state index is 12.5. The Kier molecular flexibility index (Phi) is 6.64. The van der Waals surface area contributed by atoms with Gasteiger partial charge in [0.15, 0.2) is 0 Å². The number of ether oxygens (including phenoxy) is 1. The molecule has 0 fully saturated rings. The van der Waals surface area contributed by atoms with Gasteiger partial charge in [-0.25, -0.2) is 0 Å². The zero-order valence-corrected chi connectivity index (χ0v) is 12.7. The number of rotatable bonds is 7. The summed E-state index contributed by atoms with van der Waals surface area (Å²) < 4.78 is 42.7. The smallest absolute Gasteiger partial charge is 0.383 e. The summed E-state index contributed by atoms with van der Waals surface area (Å²) in [6.07, 6.45) is -4.31. The van der Waals surface area contributed by atoms with Crippen LogP contribution in [-0.4, -0.2) is 37.7 Å². The number of halogens is 3. The first-order chi connectivity index (χ1) is 9.79. The molecule has 2 atom stereocenters. The molecule has 0 saturated heterocycles. The van der Waals surface area contributed by atoms with Crippen molar-refractivity contribution in [2.45, 2.75) is 32.1 Å². The van der Waals surface area contributed by atoms with Crippen molar-refractivity contribution in [1.29, 1.82) is 0 Å². The van der Waals surface area contributed by atoms with E-state index in [2.05, 4.69) is 4.90 Å². The molecule has 1 aromatic rings. The summed E-state index contributed by atoms with van der Waals surface area (Å²) >= 11 is 0. The van der Waals surface area contributed by atoms with Gasteiger partial charge in [-0.2, -0.15) is 13.2 Å². The first-order valence-electron chi connectivity index (χ1n) is 6.95. The zero-order chi connectivity index (χ0) is 16.0. The van der Waals surface area contributed by atoms with Gasteiger partial charge in [-0.1, -0.05) is 19.1 Å². The highest BCUT2D eigenvalue weighted by atomic mass is 19.4. The van der Waals surface area contributed by atoms with Gasteiger partial charge >= 0.3 is 6.18 Å². The van der Waals surface area contributed by atoms with Crippen molar-refractivity contribution < 1.29 is 17.9 Å². The number of benzene rings is 1. The Morgan fingerprint density at radius 1 is 1.24 bits per heavy atom. The van der Waals surface area contributed by atoms with Crippen LogP contribution in [0.15, 0.2) is 24.3 Å². The lowest BCUT2D eigenvalue weighted by molar-refractivity contribution is -0.137. The van der Waals surface area contributed by atoms with Crippen molar-refractivity contribution in [3.05, 3.63) is 35.4 Å². The van der Waals surface area contributed by atoms with Gasteiger partial charge in [-0.3, -0.25) is 4.90 Å². The minimum atomic E-state index is -4.31. The van der Waals surface area contributed by atoms with Crippen molar-refractivity contribution in [3.8, 4) is 0 Å². The lowest BCUT2D eigenvalue weighted by Gasteiger charge is -2.30. The van der Waals surface area contributed by atoms with Crippen molar-refractivity contribution in [2.24, 2.45) is 5.73 Å². The van der Waals surface area contributed by atoms with E-state index in [-0.39, 0.29) is 12.1 Å². The van der Waals surface area contributed by atoms with Crippen LogP contribution in [0, 0.1) is 0 Å². The average Bonchev–Trinajstić information content (AvgIpc) is 2.43. The maximum Gasteiger partial charge on any atom is 0.416 e. The van der Waals surface area contributed by atoms with E-state index in [0.29, 0.717) is 18.7 Å². The van der Waals surface area contributed by atoms with E-state index in [1.165, 1.54) is 12.1 Å². The van der Waals surface area contributed by atoms with Crippen LogP contribution in [0.25, 0.3) is 0 Å². The predicted molar refractivity (Wildman–Crippen MR) is 77.0 cm³/mol. The molecule has 0 aliphatic carbocycles. The predicted octanol–water partition coefficient (Wildman–Crippen LogP) is 3.06. The van der Waals surface area contributed by atoms with Crippen molar-refractivity contribution >= 4 is 0 Å². The highest BCUT2D eigenvalue weighted by Gasteiger charge is 2.30. The van der Waals surface area contributed by atoms with Crippen LogP contribution < -0.4 is 5.73 Å². The highest BCUT2D eigenvalue weighted by molar-refractivity contribution is 5.26. The lowest BCUT2D eigenvalue weighted by Crippen LogP contribution is -2.40. The molecule has 0 aliphatic heterocycles. The Labute approximate surface area is 123 Å². The second-order valence-corrected chi connectivity index (χ2v) is 5.12. The molecule has 0 heterocycles. The van der Waals surface area contributed by atoms with E-state index in [1.807, 2.05) is 13.8 Å². The molecular formula is C15H23F3N2O. The summed E-state index contributed by atoms with van der Waals surface area (Å²) in [5.74, 6) is 0. The quantitative estimate of drug-likeness (QED) is 0.841. The normalized spacial score (nSPS) is 15.2. The molecule has 0 aromatic heterocycles. The van der Waals surface area contributed by atoms with E-state index in [0.717, 1.165) is 18.7 Å². The molecule has 21 heavy (non-hydrogen) atoms. The average molecular weight is 304 g/mol. The van der Waals surface area contributed by atoms with Gasteiger partial charge in [0.1, 0.15) is 0 Å². The molecular weight excluding hydrogens is 281 g/mol. The van der Waals surface area contributed by atoms with Crippen LogP contribution >= 0.6 is 0 Å². The molecule has 0 bridgehead atoms. The summed E-state index contributed by atoms with van der Waals surface area (Å²) in [7, 11) is 1.64. The number of hydrogen-bond donors (Lipinski definition) is 1. The van der Waals surface area contributed by atoms with Crippen molar-refractivity contribution in [2.75, 3.05) is 26.8 Å². The monoisotopic (exact) mass is 304 g/mol. The van der Waals surface area contributed by atoms with E-state index in [1.54, 1.807) is 7.11 Å². The van der Waals surface area contributed by atoms with Crippen molar-refractivity contribution in [1.82, 2.24) is 4.90 Å². The van der Waals surface area contributed by atoms with Gasteiger partial charge in [0.2, 0.25) is 0 Å². The number of likely N-dealkylation sites (N-methyl/N-ethyl adjacent to an activating group) is 1. The Bertz CT molecular complexity index is 420. The van der Waals surface area contributed by atoms with Crippen LogP contribution in [0.2, 0.25) is 0 Å². The highest BCUT2D eigenvalue weighted by Crippen LogP contribution is 2.29. The molecule has 120 valence electrons. The summed E-state index contributed by atoms with van der Waals surface area (Å²) in [4.78, 5) is 2.14. The fourth-order valence-corrected chi connectivity index (χ4v) is 2.24. The van der Waals surface area contributed by atoms with Crippen LogP contribution in [0.3, 0.4) is 0 Å². The van der Waals surface area contributed by atoms with Gasteiger partial charge < -0.3 is 10.5 Å². The fraction of sp³-hybridized carbons (Fsp3) is 0.600. The Hall–Kier alpha value is -1.11. The van der Waals surface area contributed by atoms with Crippen LogP contribution in [0.1, 0.15) is 31.0 Å². The van der Waals surface area contributed by atoms with Gasteiger partial charge in [-0.15, -0.1) is 0 Å². The van der Waals surface area contributed by atoms with Gasteiger partial charge in [0.05, 0.1) is 12.2 Å². The molecule has 2 unspecified atom stereocenters. The molecule has 0 radical (unpaired) electrons. The standard InChI is InChI=1S/C15H23F3N2O/c1-4-20(11(2)10-21-3)9-14(19)12-5-7-13(8-6-12)15(16,17)18/h5-8,11,14H,4,9-10,19H2,1-3H3. The topological polar surface area (TPSA) is 38.5 Å². The number of nitrogens with two attached hydrogens (primary N) is 1. The molecule has 2 N–H and O–H groups in total. The second kappa shape index (κ2) is 7.77. The first-order valence-corrected chi connectivity index (χ1v) is 6.95. The molecule has 3 nitrogen and oxygen atoms in total. The summed E-state index contributed by atoms with van der Waals surface area (Å²) in [5, 5.41) is 0. The SMILES string of the molecule is CCN(CC(N)c1ccc(C(F)(F)F)cc1)C(C)COC. The third kappa shape index (κ3) is 5.30. The second-order valence-electron chi connectivity index (χ2n) is 5.12. The maximum absolute atomic E-state index is 12.5. The number of alkyl halides is 3. The van der Waals surface area contributed by atoms with Crippen LogP contribution in [0.4, 0.5) is 13.2 Å². The summed E-state index contributed by atoms with van der Waals surface area (Å²) in [6, 6.07) is 4.92. The first kappa shape index (κ1) is 17.9. The van der Waals surface area contributed by atoms with E-state index >= 15 is 0 Å². The van der Waals surface area contributed by atoms with Gasteiger partial charge in [0, 0.05) is 25.7 Å². The van der Waals surface area contributed by atoms with Crippen LogP contribution in [0.5, 0.6) is 0 Å².